The maximum Gasteiger partial charge on any atom is 0.331 e. The molecule has 0 saturated heterocycles. The van der Waals surface area contributed by atoms with Crippen LogP contribution in [-0.4, -0.2) is 31.7 Å². The molecule has 7 heteroatoms. The van der Waals surface area contributed by atoms with Gasteiger partial charge < -0.3 is 10.4 Å². The van der Waals surface area contributed by atoms with E-state index in [1.165, 1.54) is 33.3 Å². The number of aryl methyl sites for hydroxylation is 3. The number of amides is 1. The van der Waals surface area contributed by atoms with Crippen LogP contribution in [0, 0.1) is 6.92 Å². The summed E-state index contributed by atoms with van der Waals surface area (Å²) < 4.78 is 1.34. The number of nitrogens with one attached hydrogen (secondary N) is 1. The number of carboxylic acid groups (broad SMARTS) is 1. The van der Waals surface area contributed by atoms with Gasteiger partial charge in [0, 0.05) is 12.1 Å². The topological polar surface area (TPSA) is 97.1 Å². The number of carbonyl (C=O) groups is 2. The van der Waals surface area contributed by atoms with E-state index in [0.717, 1.165) is 44.2 Å². The highest BCUT2D eigenvalue weighted by molar-refractivity contribution is 5.93. The van der Waals surface area contributed by atoms with Gasteiger partial charge in [0.25, 0.3) is 0 Å². The minimum absolute atomic E-state index is 0.111. The van der Waals surface area contributed by atoms with Gasteiger partial charge in [0.1, 0.15) is 12.2 Å². The summed E-state index contributed by atoms with van der Waals surface area (Å²) in [6.07, 6.45) is 8.09. The quantitative estimate of drug-likeness (QED) is 0.801. The molecule has 4 rings (SSSR count). The van der Waals surface area contributed by atoms with Crippen LogP contribution in [0.4, 0.5) is 5.69 Å². The van der Waals surface area contributed by atoms with E-state index in [2.05, 4.69) is 21.5 Å². The molecule has 0 radical (unpaired) electrons. The molecule has 0 saturated carbocycles. The first-order valence-electron chi connectivity index (χ1n) is 9.97. The minimum atomic E-state index is -1.31. The van der Waals surface area contributed by atoms with Crippen LogP contribution in [0.5, 0.6) is 0 Å². The van der Waals surface area contributed by atoms with Crippen molar-refractivity contribution in [3.05, 3.63) is 40.5 Å². The number of nitrogens with zero attached hydrogens (tertiary/aromatic N) is 3. The highest BCUT2D eigenvalue weighted by Crippen LogP contribution is 2.38. The second kappa shape index (κ2) is 7.04. The zero-order chi connectivity index (χ0) is 19.9. The van der Waals surface area contributed by atoms with Crippen molar-refractivity contribution in [2.24, 2.45) is 0 Å². The van der Waals surface area contributed by atoms with E-state index in [1.807, 2.05) is 0 Å². The summed E-state index contributed by atoms with van der Waals surface area (Å²) in [5.41, 5.74) is 4.98. The first-order valence-corrected chi connectivity index (χ1v) is 9.97. The van der Waals surface area contributed by atoms with Crippen molar-refractivity contribution in [2.45, 2.75) is 70.8 Å². The Morgan fingerprint density at radius 1 is 1.18 bits per heavy atom. The lowest BCUT2D eigenvalue weighted by Crippen LogP contribution is -2.40. The van der Waals surface area contributed by atoms with Crippen LogP contribution in [0.1, 0.15) is 60.7 Å². The van der Waals surface area contributed by atoms with Gasteiger partial charge in [-0.1, -0.05) is 6.07 Å². The predicted octanol–water partition coefficient (Wildman–Crippen LogP) is 2.78. The van der Waals surface area contributed by atoms with Gasteiger partial charge >= 0.3 is 5.97 Å². The summed E-state index contributed by atoms with van der Waals surface area (Å²) in [6.45, 7) is 3.29. The van der Waals surface area contributed by atoms with Crippen LogP contribution >= 0.6 is 0 Å². The Balaban J connectivity index is 1.52. The molecule has 2 aromatic rings. The lowest BCUT2D eigenvalue weighted by molar-refractivity contribution is -0.147. The smallest absolute Gasteiger partial charge is 0.331 e. The van der Waals surface area contributed by atoms with Gasteiger partial charge in [-0.15, -0.1) is 0 Å². The summed E-state index contributed by atoms with van der Waals surface area (Å²) in [6, 6.07) is 2.33. The number of aromatic nitrogens is 3. The molecule has 1 amide bonds. The Morgan fingerprint density at radius 2 is 1.82 bits per heavy atom. The van der Waals surface area contributed by atoms with Crippen molar-refractivity contribution >= 4 is 17.6 Å². The van der Waals surface area contributed by atoms with Crippen LogP contribution in [-0.2, 0) is 40.8 Å². The molecule has 1 heterocycles. The molecule has 1 unspecified atom stereocenters. The number of rotatable bonds is 6. The number of aliphatic carboxylic acids is 1. The molecule has 1 aromatic heterocycles. The van der Waals surface area contributed by atoms with Crippen molar-refractivity contribution in [2.75, 3.05) is 5.32 Å². The zero-order valence-electron chi connectivity index (χ0n) is 16.4. The third-order valence-corrected chi connectivity index (χ3v) is 6.15. The molecule has 0 fully saturated rings. The van der Waals surface area contributed by atoms with Gasteiger partial charge in [-0.05, 0) is 81.0 Å². The van der Waals surface area contributed by atoms with E-state index in [-0.39, 0.29) is 18.7 Å². The molecular formula is C21H26N4O3. The largest absolute Gasteiger partial charge is 0.479 e. The zero-order valence-corrected chi connectivity index (χ0v) is 16.4. The average molecular weight is 382 g/mol. The Morgan fingerprint density at radius 3 is 2.36 bits per heavy atom. The van der Waals surface area contributed by atoms with Gasteiger partial charge in [-0.2, -0.15) is 5.10 Å². The second-order valence-electron chi connectivity index (χ2n) is 8.10. The maximum absolute atomic E-state index is 12.8. The van der Waals surface area contributed by atoms with Gasteiger partial charge in [-0.3, -0.25) is 4.79 Å². The number of hydrogen-bond acceptors (Lipinski definition) is 4. The highest BCUT2D eigenvalue weighted by atomic mass is 16.4. The van der Waals surface area contributed by atoms with Crippen molar-refractivity contribution in [1.29, 1.82) is 0 Å². The molecular weight excluding hydrogens is 356 g/mol. The van der Waals surface area contributed by atoms with Crippen molar-refractivity contribution < 1.29 is 14.7 Å². The average Bonchev–Trinajstić information content (AvgIpc) is 3.39. The normalized spacial score (nSPS) is 17.1. The van der Waals surface area contributed by atoms with Crippen LogP contribution in [0.15, 0.2) is 12.4 Å². The lowest BCUT2D eigenvalue weighted by atomic mass is 9.95. The minimum Gasteiger partial charge on any atom is -0.479 e. The lowest BCUT2D eigenvalue weighted by Gasteiger charge is -2.25. The third kappa shape index (κ3) is 3.19. The Bertz CT molecular complexity index is 917. The number of hydrogen-bond donors (Lipinski definition) is 2. The van der Waals surface area contributed by atoms with E-state index in [1.54, 1.807) is 13.8 Å². The Hall–Kier alpha value is -2.70. The standard InChI is InChI=1S/C21H26N4O3/c1-13-22-12-25(24-13)21(2,20(27)28)10-9-18(26)23-19-16-7-3-5-14(16)11-15-6-4-8-17(15)19/h11-12H,3-10H2,1-2H3,(H,23,26)(H,27,28). The van der Waals surface area contributed by atoms with Gasteiger partial charge in [0.15, 0.2) is 5.54 Å². The van der Waals surface area contributed by atoms with Crippen LogP contribution < -0.4 is 5.32 Å². The molecule has 1 atom stereocenters. The Kier molecular flexibility index (Phi) is 4.69. The molecule has 1 aromatic carbocycles. The molecule has 148 valence electrons. The van der Waals surface area contributed by atoms with Gasteiger partial charge in [-0.25, -0.2) is 14.5 Å². The first-order chi connectivity index (χ1) is 13.4. The molecule has 28 heavy (non-hydrogen) atoms. The highest BCUT2D eigenvalue weighted by Gasteiger charge is 2.37. The summed E-state index contributed by atoms with van der Waals surface area (Å²) in [5.74, 6) is -0.655. The summed E-state index contributed by atoms with van der Waals surface area (Å²) in [7, 11) is 0. The number of anilines is 1. The van der Waals surface area contributed by atoms with Crippen LogP contribution in [0.25, 0.3) is 0 Å². The second-order valence-corrected chi connectivity index (χ2v) is 8.10. The van der Waals surface area contributed by atoms with E-state index in [4.69, 9.17) is 0 Å². The Labute approximate surface area is 164 Å². The van der Waals surface area contributed by atoms with Crippen LogP contribution in [0.2, 0.25) is 0 Å². The van der Waals surface area contributed by atoms with Crippen molar-refractivity contribution in [3.63, 3.8) is 0 Å². The van der Waals surface area contributed by atoms with Crippen molar-refractivity contribution in [1.82, 2.24) is 14.8 Å². The van der Waals surface area contributed by atoms with Gasteiger partial charge in [0.05, 0.1) is 0 Å². The third-order valence-electron chi connectivity index (χ3n) is 6.15. The number of carbonyl (C=O) groups excluding carboxylic acids is 1. The number of fused-ring (bicyclic) bond motifs is 2. The molecule has 0 aliphatic heterocycles. The number of carboxylic acids is 1. The van der Waals surface area contributed by atoms with Crippen LogP contribution in [0.3, 0.4) is 0 Å². The van der Waals surface area contributed by atoms with E-state index in [9.17, 15) is 14.7 Å². The molecule has 2 aliphatic rings. The molecule has 2 N–H and O–H groups in total. The van der Waals surface area contributed by atoms with Gasteiger partial charge in [0.2, 0.25) is 5.91 Å². The van der Waals surface area contributed by atoms with E-state index < -0.39 is 11.5 Å². The first kappa shape index (κ1) is 18.7. The fraction of sp³-hybridized carbons (Fsp3) is 0.524. The van der Waals surface area contributed by atoms with E-state index in [0.29, 0.717) is 5.82 Å². The maximum atomic E-state index is 12.8. The fourth-order valence-electron chi connectivity index (χ4n) is 4.43. The molecule has 7 nitrogen and oxygen atoms in total. The van der Waals surface area contributed by atoms with E-state index >= 15 is 0 Å². The predicted molar refractivity (Wildman–Crippen MR) is 104 cm³/mol. The summed E-state index contributed by atoms with van der Waals surface area (Å²) in [4.78, 5) is 28.7. The summed E-state index contributed by atoms with van der Waals surface area (Å²) >= 11 is 0. The molecule has 0 spiro atoms. The summed E-state index contributed by atoms with van der Waals surface area (Å²) in [5, 5.41) is 17.0. The molecule has 0 bridgehead atoms. The SMILES string of the molecule is Cc1ncn(C(C)(CCC(=O)Nc2c3c(cc4c2CCC4)CCC3)C(=O)O)n1. The van der Waals surface area contributed by atoms with Crippen molar-refractivity contribution in [3.8, 4) is 0 Å². The fourth-order valence-corrected chi connectivity index (χ4v) is 4.43. The monoisotopic (exact) mass is 382 g/mol. The number of benzene rings is 1. The molecule has 2 aliphatic carbocycles.